The summed E-state index contributed by atoms with van der Waals surface area (Å²) in [5.74, 6) is 0. The fraction of sp³-hybridized carbons (Fsp3) is 0.409. The number of aliphatic hydroxyl groups excluding tert-OH is 1. The van der Waals surface area contributed by atoms with Gasteiger partial charge in [-0.25, -0.2) is 4.79 Å². The van der Waals surface area contributed by atoms with Crippen LogP contribution in [-0.4, -0.2) is 54.8 Å². The molecule has 1 saturated heterocycles. The Hall–Kier alpha value is -2.15. The molecule has 0 aliphatic carbocycles. The summed E-state index contributed by atoms with van der Waals surface area (Å²) >= 11 is 0. The number of carbonyl (C=O) groups is 1. The molecule has 28 heavy (non-hydrogen) atoms. The highest BCUT2D eigenvalue weighted by Crippen LogP contribution is 2.39. The van der Waals surface area contributed by atoms with Crippen molar-refractivity contribution in [2.45, 2.75) is 44.4 Å². The second kappa shape index (κ2) is 8.07. The number of hydrogen-bond donors (Lipinski definition) is 2. The van der Waals surface area contributed by atoms with Crippen LogP contribution in [0.1, 0.15) is 27.2 Å². The van der Waals surface area contributed by atoms with E-state index in [1.54, 1.807) is 0 Å². The monoisotopic (exact) mass is 399 g/mol. The average Bonchev–Trinajstić information content (AvgIpc) is 3.10. The number of rotatable bonds is 5. The van der Waals surface area contributed by atoms with Gasteiger partial charge in [-0.15, -0.1) is 0 Å². The molecule has 2 aromatic rings. The second-order valence-electron chi connectivity index (χ2n) is 8.41. The minimum Gasteiger partial charge on any atom is -0.465 e. The van der Waals surface area contributed by atoms with Gasteiger partial charge in [0, 0.05) is 6.54 Å². The summed E-state index contributed by atoms with van der Waals surface area (Å²) in [6.45, 7) is 6.70. The first kappa shape index (κ1) is 20.6. The van der Waals surface area contributed by atoms with Crippen molar-refractivity contribution in [3.63, 3.8) is 0 Å². The Morgan fingerprint density at radius 3 is 1.93 bits per heavy atom. The van der Waals surface area contributed by atoms with Crippen LogP contribution in [0, 0.1) is 0 Å². The fourth-order valence-corrected chi connectivity index (χ4v) is 8.99. The number of likely N-dealkylation sites (tertiary alicyclic amines) is 1. The Morgan fingerprint density at radius 2 is 1.57 bits per heavy atom. The van der Waals surface area contributed by atoms with E-state index in [-0.39, 0.29) is 24.3 Å². The Labute approximate surface area is 167 Å². The van der Waals surface area contributed by atoms with Gasteiger partial charge in [0.1, 0.15) is 0 Å². The number of nitrogens with zero attached hydrogens (tertiary/aromatic N) is 1. The summed E-state index contributed by atoms with van der Waals surface area (Å²) in [7, 11) is -2.72. The molecule has 2 N–H and O–H groups in total. The lowest BCUT2D eigenvalue weighted by molar-refractivity contribution is 0.116. The van der Waals surface area contributed by atoms with Gasteiger partial charge < -0.3 is 19.5 Å². The van der Waals surface area contributed by atoms with Gasteiger partial charge in [0.05, 0.1) is 18.8 Å². The number of hydrogen-bond acceptors (Lipinski definition) is 3. The molecule has 0 saturated carbocycles. The zero-order valence-electron chi connectivity index (χ0n) is 16.7. The third-order valence-electron chi connectivity index (χ3n) is 5.59. The number of aliphatic hydroxyl groups is 1. The highest BCUT2D eigenvalue weighted by atomic mass is 28.4. The second-order valence-corrected chi connectivity index (χ2v) is 12.7. The smallest absolute Gasteiger partial charge is 0.407 e. The first-order valence-electron chi connectivity index (χ1n) is 9.69. The largest absolute Gasteiger partial charge is 0.465 e. The van der Waals surface area contributed by atoms with Crippen LogP contribution in [0.4, 0.5) is 4.79 Å². The number of benzene rings is 2. The normalized spacial score (nSPS) is 20.4. The summed E-state index contributed by atoms with van der Waals surface area (Å²) in [6, 6.07) is 20.2. The maximum atomic E-state index is 11.6. The fourth-order valence-electron chi connectivity index (χ4n) is 4.31. The number of amides is 1. The third kappa shape index (κ3) is 3.72. The van der Waals surface area contributed by atoms with Crippen LogP contribution < -0.4 is 10.4 Å². The van der Waals surface area contributed by atoms with Crippen LogP contribution in [0.25, 0.3) is 0 Å². The molecule has 3 rings (SSSR count). The van der Waals surface area contributed by atoms with Crippen LogP contribution in [-0.2, 0) is 4.43 Å². The molecule has 150 valence electrons. The third-order valence-corrected chi connectivity index (χ3v) is 10.7. The highest BCUT2D eigenvalue weighted by Gasteiger charge is 2.52. The molecule has 5 nitrogen and oxygen atoms in total. The quantitative estimate of drug-likeness (QED) is 0.759. The maximum Gasteiger partial charge on any atom is 0.407 e. The van der Waals surface area contributed by atoms with Crippen molar-refractivity contribution in [2.75, 3.05) is 13.2 Å². The average molecular weight is 400 g/mol. The molecule has 6 heteroatoms. The van der Waals surface area contributed by atoms with Crippen LogP contribution in [0.2, 0.25) is 5.04 Å². The van der Waals surface area contributed by atoms with Crippen LogP contribution in [0.15, 0.2) is 60.7 Å². The Bertz CT molecular complexity index is 752. The predicted octanol–water partition coefficient (Wildman–Crippen LogP) is 2.68. The van der Waals surface area contributed by atoms with Gasteiger partial charge in [-0.3, -0.25) is 0 Å². The van der Waals surface area contributed by atoms with Crippen LogP contribution in [0.5, 0.6) is 0 Å². The van der Waals surface area contributed by atoms with Gasteiger partial charge in [-0.1, -0.05) is 81.4 Å². The molecule has 1 amide bonds. The van der Waals surface area contributed by atoms with E-state index in [1.165, 1.54) is 15.3 Å². The minimum atomic E-state index is -2.72. The number of carboxylic acid groups (broad SMARTS) is 1. The van der Waals surface area contributed by atoms with Crippen molar-refractivity contribution in [3.05, 3.63) is 60.7 Å². The molecule has 0 aromatic heterocycles. The maximum absolute atomic E-state index is 11.6. The molecule has 0 radical (unpaired) electrons. The van der Waals surface area contributed by atoms with Crippen molar-refractivity contribution in [2.24, 2.45) is 0 Å². The van der Waals surface area contributed by atoms with E-state index in [0.29, 0.717) is 6.42 Å². The van der Waals surface area contributed by atoms with Crippen molar-refractivity contribution in [1.82, 2.24) is 4.90 Å². The first-order valence-corrected chi connectivity index (χ1v) is 11.6. The molecule has 1 fully saturated rings. The Morgan fingerprint density at radius 1 is 1.07 bits per heavy atom. The Balaban J connectivity index is 2.08. The molecule has 2 aromatic carbocycles. The minimum absolute atomic E-state index is 0.166. The summed E-state index contributed by atoms with van der Waals surface area (Å²) < 4.78 is 6.97. The van der Waals surface area contributed by atoms with Crippen molar-refractivity contribution in [3.8, 4) is 0 Å². The van der Waals surface area contributed by atoms with Crippen LogP contribution in [0.3, 0.4) is 0 Å². The summed E-state index contributed by atoms with van der Waals surface area (Å²) in [5, 5.41) is 21.3. The van der Waals surface area contributed by atoms with E-state index in [2.05, 4.69) is 45.0 Å². The lowest BCUT2D eigenvalue weighted by atomic mass is 10.2. The topological polar surface area (TPSA) is 70.0 Å². The SMILES string of the molecule is CC(C)(C)[Si](O[C@@H]1C[C@H](CO)N(C(=O)O)C1)(c1ccccc1)c1ccccc1. The van der Waals surface area contributed by atoms with Crippen molar-refractivity contribution >= 4 is 24.8 Å². The van der Waals surface area contributed by atoms with Gasteiger partial charge >= 0.3 is 6.09 Å². The Kier molecular flexibility index (Phi) is 5.93. The first-order chi connectivity index (χ1) is 13.3. The standard InChI is InChI=1S/C22H29NO4Si/c1-22(2,3)28(19-10-6-4-7-11-19,20-12-8-5-9-13-20)27-18-14-17(16-24)23(15-18)21(25)26/h4-13,17-18,24H,14-16H2,1-3H3,(H,25,26)/t17-,18-/m1/s1. The summed E-state index contributed by atoms with van der Waals surface area (Å²) in [4.78, 5) is 12.9. The molecule has 2 atom stereocenters. The summed E-state index contributed by atoms with van der Waals surface area (Å²) in [6.07, 6.45) is -0.750. The molecular weight excluding hydrogens is 370 g/mol. The van der Waals surface area contributed by atoms with Gasteiger partial charge in [0.15, 0.2) is 0 Å². The molecule has 0 spiro atoms. The van der Waals surface area contributed by atoms with E-state index in [0.717, 1.165) is 0 Å². The van der Waals surface area contributed by atoms with Gasteiger partial charge in [-0.05, 0) is 21.8 Å². The molecular formula is C22H29NO4Si. The highest BCUT2D eigenvalue weighted by molar-refractivity contribution is 6.99. The van der Waals surface area contributed by atoms with E-state index >= 15 is 0 Å². The molecule has 1 aliphatic heterocycles. The lowest BCUT2D eigenvalue weighted by Gasteiger charge is -2.44. The predicted molar refractivity (Wildman–Crippen MR) is 113 cm³/mol. The lowest BCUT2D eigenvalue weighted by Crippen LogP contribution is -2.67. The van der Waals surface area contributed by atoms with Gasteiger partial charge in [0.25, 0.3) is 8.32 Å². The van der Waals surface area contributed by atoms with Crippen LogP contribution >= 0.6 is 0 Å². The molecule has 1 aliphatic rings. The van der Waals surface area contributed by atoms with Crippen molar-refractivity contribution in [1.29, 1.82) is 0 Å². The van der Waals surface area contributed by atoms with Crippen molar-refractivity contribution < 1.29 is 19.4 Å². The zero-order chi connectivity index (χ0) is 20.4. The van der Waals surface area contributed by atoms with E-state index < -0.39 is 20.5 Å². The molecule has 1 heterocycles. The molecule has 0 unspecified atom stereocenters. The van der Waals surface area contributed by atoms with Gasteiger partial charge in [-0.2, -0.15) is 0 Å². The summed E-state index contributed by atoms with van der Waals surface area (Å²) in [5.41, 5.74) is 0. The van der Waals surface area contributed by atoms with Gasteiger partial charge in [0.2, 0.25) is 0 Å². The van der Waals surface area contributed by atoms with E-state index in [1.807, 2.05) is 36.4 Å². The van der Waals surface area contributed by atoms with E-state index in [9.17, 15) is 15.0 Å². The van der Waals surface area contributed by atoms with E-state index in [4.69, 9.17) is 4.43 Å². The molecule has 0 bridgehead atoms. The zero-order valence-corrected chi connectivity index (χ0v) is 17.7.